The fourth-order valence-corrected chi connectivity index (χ4v) is 2.17. The third kappa shape index (κ3) is 2.94. The summed E-state index contributed by atoms with van der Waals surface area (Å²) in [6, 6.07) is 14.0. The lowest BCUT2D eigenvalue weighted by Crippen LogP contribution is -2.11. The number of aromatic nitrogens is 2. The highest BCUT2D eigenvalue weighted by Crippen LogP contribution is 2.16. The molecule has 0 spiro atoms. The number of aryl methyl sites for hydroxylation is 2. The van der Waals surface area contributed by atoms with Crippen molar-refractivity contribution in [1.29, 1.82) is 0 Å². The van der Waals surface area contributed by atoms with Crippen LogP contribution in [-0.2, 0) is 0 Å². The Morgan fingerprint density at radius 1 is 0.696 bits per heavy atom. The molecular formula is C18H14N2O3. The molecule has 5 nitrogen and oxygen atoms in total. The second-order valence-electron chi connectivity index (χ2n) is 5.35. The minimum Gasteiger partial charge on any atom is -0.287 e. The second-order valence-corrected chi connectivity index (χ2v) is 5.35. The van der Waals surface area contributed by atoms with Crippen molar-refractivity contribution in [2.45, 2.75) is 13.8 Å². The van der Waals surface area contributed by atoms with Crippen molar-refractivity contribution >= 4 is 11.6 Å². The third-order valence-corrected chi connectivity index (χ3v) is 3.55. The van der Waals surface area contributed by atoms with Crippen molar-refractivity contribution in [3.05, 3.63) is 82.2 Å². The van der Waals surface area contributed by atoms with E-state index in [9.17, 15) is 9.59 Å². The van der Waals surface area contributed by atoms with E-state index in [1.807, 2.05) is 38.1 Å². The van der Waals surface area contributed by atoms with Gasteiger partial charge >= 0.3 is 0 Å². The third-order valence-electron chi connectivity index (χ3n) is 3.55. The minimum absolute atomic E-state index is 0.0700. The van der Waals surface area contributed by atoms with Gasteiger partial charge in [-0.1, -0.05) is 59.7 Å². The van der Waals surface area contributed by atoms with Gasteiger partial charge < -0.3 is 0 Å². The summed E-state index contributed by atoms with van der Waals surface area (Å²) in [5.74, 6) is -0.775. The lowest BCUT2D eigenvalue weighted by molar-refractivity contribution is 0.0998. The van der Waals surface area contributed by atoms with Crippen molar-refractivity contribution < 1.29 is 14.2 Å². The maximum absolute atomic E-state index is 12.5. The molecule has 3 rings (SSSR count). The molecule has 0 amide bonds. The van der Waals surface area contributed by atoms with Gasteiger partial charge in [0, 0.05) is 11.1 Å². The number of nitrogens with zero attached hydrogens (tertiary/aromatic N) is 2. The molecule has 0 saturated carbocycles. The molecule has 0 N–H and O–H groups in total. The van der Waals surface area contributed by atoms with Crippen molar-refractivity contribution in [1.82, 2.24) is 10.3 Å². The summed E-state index contributed by atoms with van der Waals surface area (Å²) in [6.45, 7) is 3.86. The van der Waals surface area contributed by atoms with Gasteiger partial charge in [-0.3, -0.25) is 9.59 Å². The van der Waals surface area contributed by atoms with E-state index in [0.717, 1.165) is 11.1 Å². The molecule has 114 valence electrons. The van der Waals surface area contributed by atoms with Gasteiger partial charge in [0.05, 0.1) is 0 Å². The topological polar surface area (TPSA) is 73.1 Å². The Balaban J connectivity index is 1.96. The molecule has 2 aromatic carbocycles. The standard InChI is InChI=1S/C18H14N2O3/c1-11-3-7-13(8-4-11)17(21)15-16(20-23-19-15)18(22)14-9-5-12(2)6-10-14/h3-10H,1-2H3. The molecular weight excluding hydrogens is 292 g/mol. The average molecular weight is 306 g/mol. The SMILES string of the molecule is Cc1ccc(C(=O)c2nonc2C(=O)c2ccc(C)cc2)cc1. The summed E-state index contributed by atoms with van der Waals surface area (Å²) in [5.41, 5.74) is 2.80. The summed E-state index contributed by atoms with van der Waals surface area (Å²) >= 11 is 0. The zero-order valence-electron chi connectivity index (χ0n) is 12.7. The summed E-state index contributed by atoms with van der Waals surface area (Å²) in [6.07, 6.45) is 0. The molecule has 0 aliphatic carbocycles. The van der Waals surface area contributed by atoms with Crippen LogP contribution in [0.4, 0.5) is 0 Å². The van der Waals surface area contributed by atoms with Crippen LogP contribution in [0.3, 0.4) is 0 Å². The fourth-order valence-electron chi connectivity index (χ4n) is 2.17. The number of carbonyl (C=O) groups excluding carboxylic acids is 2. The minimum atomic E-state index is -0.387. The first kappa shape index (κ1) is 14.8. The Bertz CT molecular complexity index is 790. The first-order valence-electron chi connectivity index (χ1n) is 7.11. The number of rotatable bonds is 4. The number of benzene rings is 2. The van der Waals surface area contributed by atoms with Crippen LogP contribution in [0, 0.1) is 13.8 Å². The summed E-state index contributed by atoms with van der Waals surface area (Å²) < 4.78 is 4.64. The second kappa shape index (κ2) is 5.96. The van der Waals surface area contributed by atoms with Gasteiger partial charge in [0.25, 0.3) is 0 Å². The number of hydrogen-bond acceptors (Lipinski definition) is 5. The van der Waals surface area contributed by atoms with Crippen LogP contribution in [-0.4, -0.2) is 21.9 Å². The van der Waals surface area contributed by atoms with Gasteiger partial charge in [0.1, 0.15) is 0 Å². The van der Waals surface area contributed by atoms with Crippen molar-refractivity contribution in [3.8, 4) is 0 Å². The van der Waals surface area contributed by atoms with Crippen LogP contribution in [0.25, 0.3) is 0 Å². The van der Waals surface area contributed by atoms with Crippen LogP contribution in [0.15, 0.2) is 53.2 Å². The Kier molecular flexibility index (Phi) is 3.85. The Morgan fingerprint density at radius 3 is 1.39 bits per heavy atom. The average Bonchev–Trinajstić information content (AvgIpc) is 3.04. The van der Waals surface area contributed by atoms with Gasteiger partial charge in [0.15, 0.2) is 11.4 Å². The lowest BCUT2D eigenvalue weighted by Gasteiger charge is -2.01. The predicted octanol–water partition coefficient (Wildman–Crippen LogP) is 3.15. The summed E-state index contributed by atoms with van der Waals surface area (Å²) in [4.78, 5) is 25.0. The van der Waals surface area contributed by atoms with E-state index in [1.165, 1.54) is 0 Å². The largest absolute Gasteiger partial charge is 0.287 e. The Labute approximate surface area is 132 Å². The molecule has 23 heavy (non-hydrogen) atoms. The molecule has 1 heterocycles. The van der Waals surface area contributed by atoms with Crippen LogP contribution in [0.1, 0.15) is 43.2 Å². The summed E-state index contributed by atoms with van der Waals surface area (Å²) in [5, 5.41) is 7.25. The quantitative estimate of drug-likeness (QED) is 0.692. The molecule has 5 heteroatoms. The molecule has 0 atom stereocenters. The predicted molar refractivity (Wildman–Crippen MR) is 83.5 cm³/mol. The molecule has 0 unspecified atom stereocenters. The van der Waals surface area contributed by atoms with E-state index in [-0.39, 0.29) is 23.0 Å². The highest BCUT2D eigenvalue weighted by atomic mass is 16.6. The van der Waals surface area contributed by atoms with Crippen LogP contribution >= 0.6 is 0 Å². The lowest BCUT2D eigenvalue weighted by atomic mass is 10.0. The zero-order chi connectivity index (χ0) is 16.4. The van der Waals surface area contributed by atoms with E-state index in [4.69, 9.17) is 0 Å². The van der Waals surface area contributed by atoms with E-state index < -0.39 is 0 Å². The highest BCUT2D eigenvalue weighted by Gasteiger charge is 2.25. The number of hydrogen-bond donors (Lipinski definition) is 0. The van der Waals surface area contributed by atoms with Gasteiger partial charge in [-0.25, -0.2) is 4.63 Å². The van der Waals surface area contributed by atoms with Crippen LogP contribution in [0.5, 0.6) is 0 Å². The fraction of sp³-hybridized carbons (Fsp3) is 0.111. The maximum atomic E-state index is 12.5. The number of carbonyl (C=O) groups is 2. The van der Waals surface area contributed by atoms with E-state index in [0.29, 0.717) is 11.1 Å². The van der Waals surface area contributed by atoms with Gasteiger partial charge in [0.2, 0.25) is 11.6 Å². The molecule has 0 saturated heterocycles. The molecule has 0 aliphatic rings. The van der Waals surface area contributed by atoms with Crippen LogP contribution < -0.4 is 0 Å². The van der Waals surface area contributed by atoms with Crippen molar-refractivity contribution in [3.63, 3.8) is 0 Å². The van der Waals surface area contributed by atoms with Gasteiger partial charge in [-0.2, -0.15) is 0 Å². The summed E-state index contributed by atoms with van der Waals surface area (Å²) in [7, 11) is 0. The number of ketones is 2. The smallest absolute Gasteiger partial charge is 0.217 e. The van der Waals surface area contributed by atoms with Crippen molar-refractivity contribution in [2.75, 3.05) is 0 Å². The molecule has 0 radical (unpaired) electrons. The maximum Gasteiger partial charge on any atom is 0.217 e. The van der Waals surface area contributed by atoms with E-state index in [1.54, 1.807) is 24.3 Å². The molecule has 0 aliphatic heterocycles. The molecule has 3 aromatic rings. The zero-order valence-corrected chi connectivity index (χ0v) is 12.7. The normalized spacial score (nSPS) is 10.5. The monoisotopic (exact) mass is 306 g/mol. The van der Waals surface area contributed by atoms with E-state index in [2.05, 4.69) is 14.9 Å². The van der Waals surface area contributed by atoms with Crippen LogP contribution in [0.2, 0.25) is 0 Å². The Hall–Kier alpha value is -3.08. The first-order valence-corrected chi connectivity index (χ1v) is 7.11. The highest BCUT2D eigenvalue weighted by molar-refractivity contribution is 6.17. The molecule has 1 aromatic heterocycles. The van der Waals surface area contributed by atoms with Gasteiger partial charge in [-0.05, 0) is 24.2 Å². The van der Waals surface area contributed by atoms with Crippen molar-refractivity contribution in [2.24, 2.45) is 0 Å². The molecule has 0 bridgehead atoms. The van der Waals surface area contributed by atoms with Gasteiger partial charge in [-0.15, -0.1) is 0 Å². The Morgan fingerprint density at radius 2 is 1.04 bits per heavy atom. The molecule has 0 fully saturated rings. The first-order chi connectivity index (χ1) is 11.1. The van der Waals surface area contributed by atoms with E-state index >= 15 is 0 Å².